The van der Waals surface area contributed by atoms with Crippen LogP contribution in [-0.4, -0.2) is 16.1 Å². The van der Waals surface area contributed by atoms with Gasteiger partial charge in [-0.15, -0.1) is 0 Å². The van der Waals surface area contributed by atoms with Gasteiger partial charge in [-0.2, -0.15) is 0 Å². The zero-order chi connectivity index (χ0) is 14.9. The smallest absolute Gasteiger partial charge is 0.356 e. The Labute approximate surface area is 126 Å². The number of aromatic nitrogens is 1. The van der Waals surface area contributed by atoms with Crippen molar-refractivity contribution in [1.82, 2.24) is 4.98 Å². The first-order chi connectivity index (χ1) is 9.41. The number of aromatic carboxylic acids is 1. The van der Waals surface area contributed by atoms with Crippen LogP contribution in [0.25, 0.3) is 0 Å². The number of halogens is 2. The van der Waals surface area contributed by atoms with Crippen LogP contribution in [0.5, 0.6) is 0 Å². The van der Waals surface area contributed by atoms with Crippen LogP contribution in [0.3, 0.4) is 0 Å². The summed E-state index contributed by atoms with van der Waals surface area (Å²) in [5.41, 5.74) is 2.52. The summed E-state index contributed by atoms with van der Waals surface area (Å²) < 4.78 is 0. The normalized spacial score (nSPS) is 10.4. The number of pyridine rings is 1. The number of rotatable bonds is 3. The molecule has 20 heavy (non-hydrogen) atoms. The van der Waals surface area contributed by atoms with Gasteiger partial charge < -0.3 is 10.4 Å². The summed E-state index contributed by atoms with van der Waals surface area (Å²) in [6, 6.07) is 7.53. The molecule has 0 radical (unpaired) electrons. The number of nitrogens with one attached hydrogen (secondary N) is 1. The highest BCUT2D eigenvalue weighted by atomic mass is 35.5. The summed E-state index contributed by atoms with van der Waals surface area (Å²) in [5, 5.41) is 12.5. The lowest BCUT2D eigenvalue weighted by molar-refractivity contribution is 0.0691. The van der Waals surface area contributed by atoms with Crippen LogP contribution in [0, 0.1) is 13.8 Å². The van der Waals surface area contributed by atoms with Crippen molar-refractivity contribution in [2.75, 3.05) is 5.32 Å². The van der Waals surface area contributed by atoms with Crippen molar-refractivity contribution in [2.24, 2.45) is 0 Å². The predicted octanol–water partition coefficient (Wildman–Crippen LogP) is 4.45. The number of carboxylic acid groups (broad SMARTS) is 1. The van der Waals surface area contributed by atoms with Gasteiger partial charge in [0.25, 0.3) is 0 Å². The van der Waals surface area contributed by atoms with Gasteiger partial charge in [0.05, 0.1) is 10.7 Å². The topological polar surface area (TPSA) is 62.2 Å². The molecule has 0 bridgehead atoms. The summed E-state index contributed by atoms with van der Waals surface area (Å²) in [4.78, 5) is 15.1. The molecule has 1 heterocycles. The summed E-state index contributed by atoms with van der Waals surface area (Å²) >= 11 is 11.9. The standard InChI is InChI=1S/C14H12Cl2N2O2/c1-7-5-3-4-6-9(7)17-11-8(2)10(15)13(16)18-12(11)14(19)20/h3-6,17H,1-2H3,(H,19,20). The molecule has 0 unspecified atom stereocenters. The van der Waals surface area contributed by atoms with Gasteiger partial charge >= 0.3 is 5.97 Å². The Morgan fingerprint density at radius 1 is 1.25 bits per heavy atom. The van der Waals surface area contributed by atoms with Crippen LogP contribution in [0.15, 0.2) is 24.3 Å². The minimum absolute atomic E-state index is 0.0168. The number of nitrogens with zero attached hydrogens (tertiary/aromatic N) is 1. The highest BCUT2D eigenvalue weighted by Gasteiger charge is 2.20. The minimum atomic E-state index is -1.16. The summed E-state index contributed by atoms with van der Waals surface area (Å²) in [6.45, 7) is 3.62. The number of carbonyl (C=O) groups is 1. The fraction of sp³-hybridized carbons (Fsp3) is 0.143. The fourth-order valence-electron chi connectivity index (χ4n) is 1.80. The van der Waals surface area contributed by atoms with Gasteiger partial charge in [0.2, 0.25) is 0 Å². The van der Waals surface area contributed by atoms with Crippen LogP contribution in [0.1, 0.15) is 21.6 Å². The fourth-order valence-corrected chi connectivity index (χ4v) is 2.16. The van der Waals surface area contributed by atoms with E-state index in [0.717, 1.165) is 11.3 Å². The van der Waals surface area contributed by atoms with Gasteiger partial charge in [0.15, 0.2) is 5.69 Å². The Morgan fingerprint density at radius 2 is 1.90 bits per heavy atom. The number of anilines is 2. The monoisotopic (exact) mass is 310 g/mol. The van der Waals surface area contributed by atoms with E-state index in [1.54, 1.807) is 6.92 Å². The molecule has 0 aliphatic heterocycles. The lowest BCUT2D eigenvalue weighted by atomic mass is 10.1. The molecule has 0 amide bonds. The molecule has 0 spiro atoms. The van der Waals surface area contributed by atoms with Gasteiger partial charge in [-0.25, -0.2) is 9.78 Å². The lowest BCUT2D eigenvalue weighted by Crippen LogP contribution is -2.09. The second-order valence-corrected chi connectivity index (χ2v) is 5.05. The van der Waals surface area contributed by atoms with Crippen molar-refractivity contribution in [3.05, 3.63) is 51.3 Å². The third-order valence-electron chi connectivity index (χ3n) is 2.94. The number of hydrogen-bond donors (Lipinski definition) is 2. The quantitative estimate of drug-likeness (QED) is 0.822. The summed E-state index contributed by atoms with van der Waals surface area (Å²) in [6.07, 6.45) is 0. The zero-order valence-electron chi connectivity index (χ0n) is 10.9. The molecule has 2 N–H and O–H groups in total. The highest BCUT2D eigenvalue weighted by Crippen LogP contribution is 2.34. The van der Waals surface area contributed by atoms with Crippen LogP contribution >= 0.6 is 23.2 Å². The molecular formula is C14H12Cl2N2O2. The van der Waals surface area contributed by atoms with Gasteiger partial charge in [0, 0.05) is 5.69 Å². The third-order valence-corrected chi connectivity index (χ3v) is 3.77. The van der Waals surface area contributed by atoms with E-state index in [2.05, 4.69) is 10.3 Å². The number of benzene rings is 1. The molecular weight excluding hydrogens is 299 g/mol. The molecule has 6 heteroatoms. The first-order valence-electron chi connectivity index (χ1n) is 5.83. The number of carboxylic acids is 1. The number of aryl methyl sites for hydroxylation is 1. The van der Waals surface area contributed by atoms with Crippen LogP contribution in [0.2, 0.25) is 10.2 Å². The van der Waals surface area contributed by atoms with Gasteiger partial charge in [-0.1, -0.05) is 41.4 Å². The summed E-state index contributed by atoms with van der Waals surface area (Å²) in [7, 11) is 0. The van der Waals surface area contributed by atoms with Crippen LogP contribution < -0.4 is 5.32 Å². The van der Waals surface area contributed by atoms with Gasteiger partial charge in [0.1, 0.15) is 5.15 Å². The van der Waals surface area contributed by atoms with E-state index in [9.17, 15) is 9.90 Å². The molecule has 2 rings (SSSR count). The second kappa shape index (κ2) is 5.69. The molecule has 4 nitrogen and oxygen atoms in total. The van der Waals surface area contributed by atoms with E-state index in [4.69, 9.17) is 23.2 Å². The van der Waals surface area contributed by atoms with Crippen molar-refractivity contribution >= 4 is 40.5 Å². The zero-order valence-corrected chi connectivity index (χ0v) is 12.4. The molecule has 0 aliphatic rings. The van der Waals surface area contributed by atoms with E-state index >= 15 is 0 Å². The Morgan fingerprint density at radius 3 is 2.50 bits per heavy atom. The van der Waals surface area contributed by atoms with E-state index in [-0.39, 0.29) is 15.9 Å². The van der Waals surface area contributed by atoms with Crippen LogP contribution in [0.4, 0.5) is 11.4 Å². The Bertz CT molecular complexity index is 687. The van der Waals surface area contributed by atoms with Gasteiger partial charge in [-0.05, 0) is 31.0 Å². The highest BCUT2D eigenvalue weighted by molar-refractivity contribution is 6.42. The van der Waals surface area contributed by atoms with E-state index in [1.807, 2.05) is 31.2 Å². The molecule has 0 fully saturated rings. The van der Waals surface area contributed by atoms with Gasteiger partial charge in [-0.3, -0.25) is 0 Å². The maximum Gasteiger partial charge on any atom is 0.356 e. The molecule has 104 valence electrons. The van der Waals surface area contributed by atoms with E-state index in [1.165, 1.54) is 0 Å². The molecule has 2 aromatic rings. The summed E-state index contributed by atoms with van der Waals surface area (Å²) in [5.74, 6) is -1.16. The van der Waals surface area contributed by atoms with E-state index < -0.39 is 5.97 Å². The Balaban J connectivity index is 2.59. The van der Waals surface area contributed by atoms with Crippen LogP contribution in [-0.2, 0) is 0 Å². The average Bonchev–Trinajstić information content (AvgIpc) is 2.41. The minimum Gasteiger partial charge on any atom is -0.476 e. The Hall–Kier alpha value is -1.78. The molecule has 0 saturated heterocycles. The third kappa shape index (κ3) is 2.71. The molecule has 0 aliphatic carbocycles. The molecule has 0 atom stereocenters. The SMILES string of the molecule is Cc1ccccc1Nc1c(C(=O)O)nc(Cl)c(Cl)c1C. The van der Waals surface area contributed by atoms with Crippen molar-refractivity contribution in [3.8, 4) is 0 Å². The number of para-hydroxylation sites is 1. The molecule has 0 saturated carbocycles. The molecule has 1 aromatic heterocycles. The largest absolute Gasteiger partial charge is 0.476 e. The lowest BCUT2D eigenvalue weighted by Gasteiger charge is -2.15. The Kier molecular flexibility index (Phi) is 4.16. The first-order valence-corrected chi connectivity index (χ1v) is 6.59. The second-order valence-electron chi connectivity index (χ2n) is 4.31. The van der Waals surface area contributed by atoms with E-state index in [0.29, 0.717) is 11.3 Å². The van der Waals surface area contributed by atoms with Crippen molar-refractivity contribution in [3.63, 3.8) is 0 Å². The van der Waals surface area contributed by atoms with Crippen molar-refractivity contribution in [2.45, 2.75) is 13.8 Å². The molecule has 1 aromatic carbocycles. The first kappa shape index (κ1) is 14.6. The van der Waals surface area contributed by atoms with Crippen molar-refractivity contribution < 1.29 is 9.90 Å². The van der Waals surface area contributed by atoms with Crippen molar-refractivity contribution in [1.29, 1.82) is 0 Å². The maximum absolute atomic E-state index is 11.3. The maximum atomic E-state index is 11.3. The average molecular weight is 311 g/mol. The predicted molar refractivity (Wildman–Crippen MR) is 80.4 cm³/mol. The number of hydrogen-bond acceptors (Lipinski definition) is 3.